The number of rotatable bonds is 8. The van der Waals surface area contributed by atoms with E-state index < -0.39 is 28.0 Å². The molecular weight excluding hydrogens is 448 g/mol. The Bertz CT molecular complexity index is 1070. The van der Waals surface area contributed by atoms with Gasteiger partial charge in [0, 0.05) is 24.8 Å². The van der Waals surface area contributed by atoms with Crippen molar-refractivity contribution in [2.45, 2.75) is 37.2 Å². The molecule has 9 nitrogen and oxygen atoms in total. The van der Waals surface area contributed by atoms with Gasteiger partial charge < -0.3 is 19.5 Å². The van der Waals surface area contributed by atoms with Gasteiger partial charge in [0.15, 0.2) is 6.10 Å². The number of amides is 1. The molecule has 1 atom stereocenters. The number of carbonyl (C=O) groups is 2. The van der Waals surface area contributed by atoms with Crippen molar-refractivity contribution in [2.75, 3.05) is 32.6 Å². The number of ether oxygens (including phenoxy) is 3. The molecule has 1 N–H and O–H groups in total. The second-order valence-corrected chi connectivity index (χ2v) is 9.57. The highest BCUT2D eigenvalue weighted by Gasteiger charge is 2.26. The zero-order chi connectivity index (χ0) is 24.0. The van der Waals surface area contributed by atoms with Crippen LogP contribution in [0, 0.1) is 0 Å². The minimum absolute atomic E-state index is 0.175. The van der Waals surface area contributed by atoms with E-state index in [4.69, 9.17) is 14.2 Å². The van der Waals surface area contributed by atoms with Crippen LogP contribution in [0.15, 0.2) is 47.4 Å². The third-order valence-corrected chi connectivity index (χ3v) is 7.23. The van der Waals surface area contributed by atoms with E-state index in [1.807, 2.05) is 0 Å². The molecule has 1 amide bonds. The van der Waals surface area contributed by atoms with Gasteiger partial charge in [-0.05, 0) is 56.2 Å². The van der Waals surface area contributed by atoms with Crippen LogP contribution in [0.2, 0.25) is 0 Å². The highest BCUT2D eigenvalue weighted by Crippen LogP contribution is 2.24. The number of hydrogen-bond donors (Lipinski definition) is 1. The molecule has 2 aromatic rings. The maximum Gasteiger partial charge on any atom is 0.339 e. The van der Waals surface area contributed by atoms with Crippen molar-refractivity contribution in [2.24, 2.45) is 0 Å². The molecule has 10 heteroatoms. The summed E-state index contributed by atoms with van der Waals surface area (Å²) in [5, 5.41) is 2.63. The molecule has 178 valence electrons. The van der Waals surface area contributed by atoms with E-state index in [0.717, 1.165) is 19.3 Å². The lowest BCUT2D eigenvalue weighted by molar-refractivity contribution is -0.123. The molecule has 2 aromatic carbocycles. The molecule has 0 aromatic heterocycles. The summed E-state index contributed by atoms with van der Waals surface area (Å²) >= 11 is 0. The number of sulfonamides is 1. The summed E-state index contributed by atoms with van der Waals surface area (Å²) in [5.74, 6) is -0.432. The van der Waals surface area contributed by atoms with Gasteiger partial charge in [-0.3, -0.25) is 4.79 Å². The van der Waals surface area contributed by atoms with Gasteiger partial charge in [-0.25, -0.2) is 13.2 Å². The first-order chi connectivity index (χ1) is 15.7. The largest absolute Gasteiger partial charge is 0.497 e. The zero-order valence-electron chi connectivity index (χ0n) is 18.9. The van der Waals surface area contributed by atoms with E-state index in [1.165, 1.54) is 61.8 Å². The van der Waals surface area contributed by atoms with Gasteiger partial charge >= 0.3 is 5.97 Å². The van der Waals surface area contributed by atoms with Crippen LogP contribution >= 0.6 is 0 Å². The molecule has 1 aliphatic heterocycles. The molecule has 0 unspecified atom stereocenters. The van der Waals surface area contributed by atoms with E-state index in [9.17, 15) is 18.0 Å². The normalized spacial score (nSPS) is 15.4. The molecule has 33 heavy (non-hydrogen) atoms. The summed E-state index contributed by atoms with van der Waals surface area (Å²) in [5.41, 5.74) is 0.571. The van der Waals surface area contributed by atoms with Gasteiger partial charge in [-0.15, -0.1) is 0 Å². The summed E-state index contributed by atoms with van der Waals surface area (Å²) in [6.45, 7) is 2.48. The van der Waals surface area contributed by atoms with E-state index in [2.05, 4.69) is 5.32 Å². The third kappa shape index (κ3) is 6.02. The molecule has 1 fully saturated rings. The first-order valence-electron chi connectivity index (χ1n) is 10.6. The fourth-order valence-corrected chi connectivity index (χ4v) is 4.93. The number of nitrogens with one attached hydrogen (secondary N) is 1. The molecule has 1 heterocycles. The highest BCUT2D eigenvalue weighted by molar-refractivity contribution is 7.89. The number of benzene rings is 2. The van der Waals surface area contributed by atoms with E-state index in [0.29, 0.717) is 30.3 Å². The summed E-state index contributed by atoms with van der Waals surface area (Å²) < 4.78 is 42.5. The lowest BCUT2D eigenvalue weighted by atomic mass is 10.2. The topological polar surface area (TPSA) is 111 Å². The Morgan fingerprint density at radius 1 is 0.939 bits per heavy atom. The van der Waals surface area contributed by atoms with Gasteiger partial charge in [0.2, 0.25) is 10.0 Å². The minimum Gasteiger partial charge on any atom is -0.497 e. The van der Waals surface area contributed by atoms with Crippen molar-refractivity contribution in [3.8, 4) is 11.5 Å². The number of esters is 1. The Morgan fingerprint density at radius 3 is 2.06 bits per heavy atom. The second-order valence-electron chi connectivity index (χ2n) is 7.63. The van der Waals surface area contributed by atoms with Gasteiger partial charge in [-0.1, -0.05) is 6.42 Å². The number of piperidine rings is 1. The molecule has 0 spiro atoms. The summed E-state index contributed by atoms with van der Waals surface area (Å²) in [6.07, 6.45) is 1.65. The van der Waals surface area contributed by atoms with Crippen LogP contribution in [-0.2, 0) is 19.6 Å². The lowest BCUT2D eigenvalue weighted by Gasteiger charge is -2.25. The van der Waals surface area contributed by atoms with Crippen LogP contribution < -0.4 is 14.8 Å². The summed E-state index contributed by atoms with van der Waals surface area (Å²) in [6, 6.07) is 10.5. The Labute approximate surface area is 193 Å². The van der Waals surface area contributed by atoms with E-state index >= 15 is 0 Å². The average molecular weight is 477 g/mol. The van der Waals surface area contributed by atoms with Crippen LogP contribution in [0.4, 0.5) is 5.69 Å². The smallest absolute Gasteiger partial charge is 0.339 e. The lowest BCUT2D eigenvalue weighted by Crippen LogP contribution is -2.35. The molecule has 0 aliphatic carbocycles. The predicted octanol–water partition coefficient (Wildman–Crippen LogP) is 3.06. The molecule has 1 aliphatic rings. The fraction of sp³-hybridized carbons (Fsp3) is 0.391. The van der Waals surface area contributed by atoms with Gasteiger partial charge in [-0.2, -0.15) is 4.31 Å². The van der Waals surface area contributed by atoms with Gasteiger partial charge in [0.25, 0.3) is 5.91 Å². The number of carbonyl (C=O) groups excluding carboxylic acids is 2. The number of nitrogens with zero attached hydrogens (tertiary/aromatic N) is 1. The Balaban J connectivity index is 1.62. The average Bonchev–Trinajstić information content (AvgIpc) is 2.84. The maximum absolute atomic E-state index is 12.7. The van der Waals surface area contributed by atoms with Crippen LogP contribution in [0.1, 0.15) is 36.5 Å². The third-order valence-electron chi connectivity index (χ3n) is 5.31. The first-order valence-corrected chi connectivity index (χ1v) is 12.0. The van der Waals surface area contributed by atoms with Crippen molar-refractivity contribution in [3.63, 3.8) is 0 Å². The van der Waals surface area contributed by atoms with Crippen LogP contribution in [0.25, 0.3) is 0 Å². The van der Waals surface area contributed by atoms with Crippen molar-refractivity contribution in [1.29, 1.82) is 0 Å². The monoisotopic (exact) mass is 476 g/mol. The van der Waals surface area contributed by atoms with Gasteiger partial charge in [0.1, 0.15) is 11.5 Å². The summed E-state index contributed by atoms with van der Waals surface area (Å²) in [4.78, 5) is 25.1. The van der Waals surface area contributed by atoms with Crippen molar-refractivity contribution in [1.82, 2.24) is 4.31 Å². The second kappa shape index (κ2) is 10.7. The number of hydrogen-bond acceptors (Lipinski definition) is 7. The Hall–Kier alpha value is -3.11. The fourth-order valence-electron chi connectivity index (χ4n) is 3.42. The van der Waals surface area contributed by atoms with E-state index in [1.54, 1.807) is 6.07 Å². The summed E-state index contributed by atoms with van der Waals surface area (Å²) in [7, 11) is -0.628. The molecule has 0 bridgehead atoms. The highest BCUT2D eigenvalue weighted by atomic mass is 32.2. The minimum atomic E-state index is -3.55. The van der Waals surface area contributed by atoms with Crippen molar-refractivity contribution < 1.29 is 32.2 Å². The van der Waals surface area contributed by atoms with Crippen molar-refractivity contribution in [3.05, 3.63) is 48.0 Å². The predicted molar refractivity (Wildman–Crippen MR) is 122 cm³/mol. The zero-order valence-corrected chi connectivity index (χ0v) is 19.7. The quantitative estimate of drug-likeness (QED) is 0.583. The molecule has 0 radical (unpaired) electrons. The number of anilines is 1. The Kier molecular flexibility index (Phi) is 7.93. The number of methoxy groups -OCH3 is 2. The molecular formula is C23H28N2O7S. The molecule has 1 saturated heterocycles. The van der Waals surface area contributed by atoms with Gasteiger partial charge in [0.05, 0.1) is 24.7 Å². The van der Waals surface area contributed by atoms with Crippen LogP contribution in [-0.4, -0.2) is 58.0 Å². The van der Waals surface area contributed by atoms with Crippen LogP contribution in [0.3, 0.4) is 0 Å². The van der Waals surface area contributed by atoms with Crippen molar-refractivity contribution >= 4 is 27.6 Å². The first kappa shape index (κ1) is 24.5. The van der Waals surface area contributed by atoms with E-state index in [-0.39, 0.29) is 10.5 Å². The maximum atomic E-state index is 12.7. The standard InChI is InChI=1S/C23H28N2O7S/c1-16(32-23(27)17-13-19(30-2)15-20(14-17)31-3)22(26)24-18-7-9-21(10-8-18)33(28,29)25-11-5-4-6-12-25/h7-10,13-16H,4-6,11-12H2,1-3H3,(H,24,26)/t16-/m1/s1. The SMILES string of the molecule is COc1cc(OC)cc(C(=O)O[C@H](C)C(=O)Nc2ccc(S(=O)(=O)N3CCCCC3)cc2)c1. The molecule has 3 rings (SSSR count). The Morgan fingerprint density at radius 2 is 1.52 bits per heavy atom. The molecule has 0 saturated carbocycles. The van der Waals surface area contributed by atoms with Crippen LogP contribution in [0.5, 0.6) is 11.5 Å².